The molecular weight excluding hydrogens is 252 g/mol. The maximum atomic E-state index is 12.0. The van der Waals surface area contributed by atoms with E-state index in [2.05, 4.69) is 5.32 Å². The Hall–Kier alpha value is -2.36. The molecule has 0 aliphatic rings. The van der Waals surface area contributed by atoms with Gasteiger partial charge >= 0.3 is 0 Å². The quantitative estimate of drug-likeness (QED) is 0.931. The molecule has 0 unspecified atom stereocenters. The Balaban J connectivity index is 2.11. The second kappa shape index (κ2) is 5.74. The zero-order valence-corrected chi connectivity index (χ0v) is 11.9. The molecule has 104 valence electrons. The van der Waals surface area contributed by atoms with Crippen LogP contribution >= 0.6 is 0 Å². The molecule has 1 heterocycles. The standard InChI is InChI=1S/C16H18N2O2/c1-11-4-5-18(16(20)9-11)10-15(19)17-14-7-12(2)6-13(3)8-14/h4-9H,10H2,1-3H3,(H,17,19). The summed E-state index contributed by atoms with van der Waals surface area (Å²) in [5.74, 6) is -0.207. The molecule has 1 N–H and O–H groups in total. The van der Waals surface area contributed by atoms with Gasteiger partial charge in [-0.05, 0) is 55.7 Å². The first-order chi connectivity index (χ1) is 9.44. The highest BCUT2D eigenvalue weighted by molar-refractivity contribution is 5.90. The second-order valence-corrected chi connectivity index (χ2v) is 5.09. The van der Waals surface area contributed by atoms with Gasteiger partial charge in [0, 0.05) is 18.0 Å². The Morgan fingerprint density at radius 2 is 1.70 bits per heavy atom. The number of aromatic nitrogens is 1. The Morgan fingerprint density at radius 1 is 1.05 bits per heavy atom. The highest BCUT2D eigenvalue weighted by Gasteiger charge is 2.05. The van der Waals surface area contributed by atoms with Gasteiger partial charge in [-0.15, -0.1) is 0 Å². The van der Waals surface area contributed by atoms with Crippen LogP contribution < -0.4 is 10.9 Å². The zero-order chi connectivity index (χ0) is 14.7. The molecule has 0 atom stereocenters. The van der Waals surface area contributed by atoms with Crippen LogP contribution in [0.25, 0.3) is 0 Å². The molecule has 2 aromatic rings. The Labute approximate surface area is 118 Å². The minimum Gasteiger partial charge on any atom is -0.325 e. The van der Waals surface area contributed by atoms with Crippen molar-refractivity contribution in [3.05, 3.63) is 63.6 Å². The van der Waals surface area contributed by atoms with Crippen LogP contribution in [-0.2, 0) is 11.3 Å². The number of nitrogens with one attached hydrogen (secondary N) is 1. The third kappa shape index (κ3) is 3.57. The minimum absolute atomic E-state index is 0.0199. The van der Waals surface area contributed by atoms with Crippen LogP contribution in [-0.4, -0.2) is 10.5 Å². The van der Waals surface area contributed by atoms with E-state index in [1.807, 2.05) is 45.0 Å². The molecule has 1 amide bonds. The third-order valence-corrected chi connectivity index (χ3v) is 2.97. The first kappa shape index (κ1) is 14.1. The Morgan fingerprint density at radius 3 is 2.30 bits per heavy atom. The highest BCUT2D eigenvalue weighted by atomic mass is 16.2. The molecule has 4 nitrogen and oxygen atoms in total. The molecule has 0 saturated carbocycles. The fourth-order valence-corrected chi connectivity index (χ4v) is 2.14. The molecule has 2 rings (SSSR count). The first-order valence-corrected chi connectivity index (χ1v) is 6.49. The molecule has 20 heavy (non-hydrogen) atoms. The van der Waals surface area contributed by atoms with Crippen molar-refractivity contribution in [2.45, 2.75) is 27.3 Å². The Bertz CT molecular complexity index is 682. The molecule has 0 spiro atoms. The topological polar surface area (TPSA) is 51.1 Å². The number of rotatable bonds is 3. The first-order valence-electron chi connectivity index (χ1n) is 6.49. The van der Waals surface area contributed by atoms with Gasteiger partial charge in [0.25, 0.3) is 5.56 Å². The molecule has 1 aromatic heterocycles. The Kier molecular flexibility index (Phi) is 4.03. The summed E-state index contributed by atoms with van der Waals surface area (Å²) in [4.78, 5) is 23.7. The van der Waals surface area contributed by atoms with Gasteiger partial charge in [0.15, 0.2) is 0 Å². The van der Waals surface area contributed by atoms with Crippen molar-refractivity contribution in [3.8, 4) is 0 Å². The normalized spacial score (nSPS) is 10.3. The molecule has 0 bridgehead atoms. The number of anilines is 1. The number of carbonyl (C=O) groups is 1. The lowest BCUT2D eigenvalue weighted by molar-refractivity contribution is -0.116. The largest absolute Gasteiger partial charge is 0.325 e. The van der Waals surface area contributed by atoms with E-state index in [4.69, 9.17) is 0 Å². The number of pyridine rings is 1. The minimum atomic E-state index is -0.207. The predicted molar refractivity (Wildman–Crippen MR) is 80.0 cm³/mol. The molecule has 0 aliphatic heterocycles. The third-order valence-electron chi connectivity index (χ3n) is 2.97. The van der Waals surface area contributed by atoms with Gasteiger partial charge in [-0.2, -0.15) is 0 Å². The lowest BCUT2D eigenvalue weighted by Crippen LogP contribution is -2.26. The molecular formula is C16H18N2O2. The van der Waals surface area contributed by atoms with Crippen molar-refractivity contribution in [3.63, 3.8) is 0 Å². The van der Waals surface area contributed by atoms with Crippen LogP contribution in [0, 0.1) is 20.8 Å². The van der Waals surface area contributed by atoms with Crippen LogP contribution in [0.1, 0.15) is 16.7 Å². The summed E-state index contributed by atoms with van der Waals surface area (Å²) >= 11 is 0. The lowest BCUT2D eigenvalue weighted by atomic mass is 10.1. The van der Waals surface area contributed by atoms with Crippen LogP contribution in [0.2, 0.25) is 0 Å². The average Bonchev–Trinajstić information content (AvgIpc) is 2.31. The van der Waals surface area contributed by atoms with Gasteiger partial charge in [-0.1, -0.05) is 6.07 Å². The van der Waals surface area contributed by atoms with Gasteiger partial charge in [0.2, 0.25) is 5.91 Å². The lowest BCUT2D eigenvalue weighted by Gasteiger charge is -2.09. The van der Waals surface area contributed by atoms with Gasteiger partial charge < -0.3 is 9.88 Å². The molecule has 1 aromatic carbocycles. The molecule has 0 radical (unpaired) electrons. The number of nitrogens with zero attached hydrogens (tertiary/aromatic N) is 1. The maximum Gasteiger partial charge on any atom is 0.251 e. The second-order valence-electron chi connectivity index (χ2n) is 5.09. The van der Waals surface area contributed by atoms with Crippen molar-refractivity contribution < 1.29 is 4.79 Å². The van der Waals surface area contributed by atoms with E-state index in [-0.39, 0.29) is 18.0 Å². The summed E-state index contributed by atoms with van der Waals surface area (Å²) in [6, 6.07) is 9.18. The van der Waals surface area contributed by atoms with E-state index in [0.29, 0.717) is 0 Å². The molecule has 0 fully saturated rings. The number of carbonyl (C=O) groups excluding carboxylic acids is 1. The predicted octanol–water partition coefficient (Wildman–Crippen LogP) is 2.41. The van der Waals surface area contributed by atoms with E-state index in [0.717, 1.165) is 22.4 Å². The zero-order valence-electron chi connectivity index (χ0n) is 11.9. The SMILES string of the molecule is Cc1cc(C)cc(NC(=O)Cn2ccc(C)cc2=O)c1. The molecule has 4 heteroatoms. The maximum absolute atomic E-state index is 12.0. The molecule has 0 aliphatic carbocycles. The van der Waals surface area contributed by atoms with Crippen molar-refractivity contribution in [2.75, 3.05) is 5.32 Å². The van der Waals surface area contributed by atoms with E-state index in [9.17, 15) is 9.59 Å². The summed E-state index contributed by atoms with van der Waals surface area (Å²) in [5.41, 5.74) is 3.66. The van der Waals surface area contributed by atoms with E-state index < -0.39 is 0 Å². The number of benzene rings is 1. The van der Waals surface area contributed by atoms with Crippen LogP contribution in [0.15, 0.2) is 41.3 Å². The summed E-state index contributed by atoms with van der Waals surface area (Å²) < 4.78 is 1.39. The number of hydrogen-bond donors (Lipinski definition) is 1. The molecule has 0 saturated heterocycles. The van der Waals surface area contributed by atoms with Gasteiger partial charge in [0.1, 0.15) is 6.54 Å². The van der Waals surface area contributed by atoms with E-state index >= 15 is 0 Å². The smallest absolute Gasteiger partial charge is 0.251 e. The summed E-state index contributed by atoms with van der Waals surface area (Å²) in [5, 5.41) is 2.82. The fourth-order valence-electron chi connectivity index (χ4n) is 2.14. The summed E-state index contributed by atoms with van der Waals surface area (Å²) in [7, 11) is 0. The van der Waals surface area contributed by atoms with Crippen molar-refractivity contribution in [1.29, 1.82) is 0 Å². The van der Waals surface area contributed by atoms with Crippen LogP contribution in [0.3, 0.4) is 0 Å². The van der Waals surface area contributed by atoms with Crippen LogP contribution in [0.5, 0.6) is 0 Å². The number of amides is 1. The van der Waals surface area contributed by atoms with E-state index in [1.54, 1.807) is 6.20 Å². The van der Waals surface area contributed by atoms with E-state index in [1.165, 1.54) is 10.6 Å². The van der Waals surface area contributed by atoms with Gasteiger partial charge in [-0.25, -0.2) is 0 Å². The van der Waals surface area contributed by atoms with Crippen molar-refractivity contribution in [1.82, 2.24) is 4.57 Å². The summed E-state index contributed by atoms with van der Waals surface area (Å²) in [6.45, 7) is 5.83. The number of aryl methyl sites for hydroxylation is 3. The average molecular weight is 270 g/mol. The monoisotopic (exact) mass is 270 g/mol. The van der Waals surface area contributed by atoms with Crippen molar-refractivity contribution >= 4 is 11.6 Å². The summed E-state index contributed by atoms with van der Waals surface area (Å²) in [6.07, 6.45) is 1.64. The van der Waals surface area contributed by atoms with Gasteiger partial charge in [-0.3, -0.25) is 9.59 Å². The number of hydrogen-bond acceptors (Lipinski definition) is 2. The highest BCUT2D eigenvalue weighted by Crippen LogP contribution is 2.13. The van der Waals surface area contributed by atoms with Gasteiger partial charge in [0.05, 0.1) is 0 Å². The van der Waals surface area contributed by atoms with Crippen LogP contribution in [0.4, 0.5) is 5.69 Å². The fraction of sp³-hybridized carbons (Fsp3) is 0.250. The van der Waals surface area contributed by atoms with Crippen molar-refractivity contribution in [2.24, 2.45) is 0 Å².